The first-order chi connectivity index (χ1) is 11.8. The van der Waals surface area contributed by atoms with Crippen molar-refractivity contribution < 1.29 is 9.53 Å². The largest absolute Gasteiger partial charge is 0.493 e. The Morgan fingerprint density at radius 1 is 1.44 bits per heavy atom. The molecule has 1 fully saturated rings. The van der Waals surface area contributed by atoms with Gasteiger partial charge in [0.15, 0.2) is 0 Å². The maximum absolute atomic E-state index is 12.1. The van der Waals surface area contributed by atoms with E-state index >= 15 is 0 Å². The number of likely N-dealkylation sites (tertiary alicyclic amines) is 1. The molecule has 2 rings (SSSR count). The average molecular weight is 345 g/mol. The minimum Gasteiger partial charge on any atom is -0.493 e. The topological polar surface area (TPSA) is 79.4 Å². The maximum Gasteiger partial charge on any atom is 0.222 e. The molecule has 0 radical (unpaired) electrons. The SMILES string of the molecule is CCCOc1cc(C2CCN(C(C)C)CC2C(N)=O)ccc1C(C)=N. The normalized spacial score (nSPS) is 21.3. The number of hydrogen-bond donors (Lipinski definition) is 2. The van der Waals surface area contributed by atoms with Crippen molar-refractivity contribution in [2.45, 2.75) is 52.5 Å². The smallest absolute Gasteiger partial charge is 0.222 e. The zero-order valence-electron chi connectivity index (χ0n) is 15.8. The van der Waals surface area contributed by atoms with E-state index in [0.717, 1.165) is 36.3 Å². The lowest BCUT2D eigenvalue weighted by Gasteiger charge is -2.39. The molecule has 2 unspecified atom stereocenters. The highest BCUT2D eigenvalue weighted by Crippen LogP contribution is 2.36. The first kappa shape index (κ1) is 19.4. The predicted molar refractivity (Wildman–Crippen MR) is 101 cm³/mol. The van der Waals surface area contributed by atoms with E-state index in [4.69, 9.17) is 15.9 Å². The van der Waals surface area contributed by atoms with Gasteiger partial charge in [-0.1, -0.05) is 13.0 Å². The van der Waals surface area contributed by atoms with E-state index in [-0.39, 0.29) is 17.7 Å². The molecule has 1 aromatic carbocycles. The summed E-state index contributed by atoms with van der Waals surface area (Å²) in [5.41, 5.74) is 8.11. The third-order valence-corrected chi connectivity index (χ3v) is 5.04. The van der Waals surface area contributed by atoms with Gasteiger partial charge >= 0.3 is 0 Å². The van der Waals surface area contributed by atoms with E-state index in [1.54, 1.807) is 6.92 Å². The number of primary amides is 1. The molecule has 0 spiro atoms. The molecule has 5 nitrogen and oxygen atoms in total. The second-order valence-electron chi connectivity index (χ2n) is 7.22. The molecular formula is C20H31N3O2. The molecular weight excluding hydrogens is 314 g/mol. The Morgan fingerprint density at radius 2 is 2.16 bits per heavy atom. The molecule has 25 heavy (non-hydrogen) atoms. The zero-order valence-corrected chi connectivity index (χ0v) is 15.8. The number of rotatable bonds is 7. The summed E-state index contributed by atoms with van der Waals surface area (Å²) >= 11 is 0. The summed E-state index contributed by atoms with van der Waals surface area (Å²) in [6.07, 6.45) is 1.82. The van der Waals surface area contributed by atoms with Gasteiger partial charge in [0.05, 0.1) is 12.5 Å². The average Bonchev–Trinajstić information content (AvgIpc) is 2.58. The van der Waals surface area contributed by atoms with Gasteiger partial charge in [0, 0.05) is 23.9 Å². The number of carbonyl (C=O) groups excluding carboxylic acids is 1. The van der Waals surface area contributed by atoms with Crippen LogP contribution in [0.4, 0.5) is 0 Å². The Bertz CT molecular complexity index is 627. The molecule has 0 aliphatic carbocycles. The van der Waals surface area contributed by atoms with Crippen molar-refractivity contribution in [3.05, 3.63) is 29.3 Å². The van der Waals surface area contributed by atoms with Crippen LogP contribution in [-0.4, -0.2) is 42.3 Å². The fourth-order valence-corrected chi connectivity index (χ4v) is 3.54. The molecule has 0 bridgehead atoms. The Morgan fingerprint density at radius 3 is 2.72 bits per heavy atom. The van der Waals surface area contributed by atoms with Gasteiger partial charge in [0.1, 0.15) is 5.75 Å². The van der Waals surface area contributed by atoms with Gasteiger partial charge in [-0.3, -0.25) is 4.79 Å². The fourth-order valence-electron chi connectivity index (χ4n) is 3.54. The van der Waals surface area contributed by atoms with Crippen molar-refractivity contribution in [2.24, 2.45) is 11.7 Å². The van der Waals surface area contributed by atoms with Crippen molar-refractivity contribution >= 4 is 11.6 Å². The molecule has 1 heterocycles. The molecule has 1 amide bonds. The van der Waals surface area contributed by atoms with Crippen LogP contribution in [-0.2, 0) is 4.79 Å². The van der Waals surface area contributed by atoms with Crippen molar-refractivity contribution in [3.63, 3.8) is 0 Å². The summed E-state index contributed by atoms with van der Waals surface area (Å²) in [4.78, 5) is 14.4. The first-order valence-electron chi connectivity index (χ1n) is 9.20. The number of nitrogens with zero attached hydrogens (tertiary/aromatic N) is 1. The first-order valence-corrected chi connectivity index (χ1v) is 9.20. The molecule has 0 aromatic heterocycles. The monoisotopic (exact) mass is 345 g/mol. The predicted octanol–water partition coefficient (Wildman–Crippen LogP) is 3.16. The summed E-state index contributed by atoms with van der Waals surface area (Å²) < 4.78 is 5.87. The third kappa shape index (κ3) is 4.60. The van der Waals surface area contributed by atoms with E-state index in [9.17, 15) is 4.79 Å². The minimum atomic E-state index is -0.237. The van der Waals surface area contributed by atoms with Gasteiger partial charge in [-0.25, -0.2) is 0 Å². The highest BCUT2D eigenvalue weighted by atomic mass is 16.5. The Kier molecular flexibility index (Phi) is 6.59. The quantitative estimate of drug-likeness (QED) is 0.745. The lowest BCUT2D eigenvalue weighted by atomic mass is 9.79. The number of benzene rings is 1. The third-order valence-electron chi connectivity index (χ3n) is 5.04. The van der Waals surface area contributed by atoms with E-state index in [1.807, 2.05) is 18.2 Å². The Labute approximate surface area is 151 Å². The van der Waals surface area contributed by atoms with Gasteiger partial charge < -0.3 is 20.8 Å². The highest BCUT2D eigenvalue weighted by molar-refractivity contribution is 5.98. The van der Waals surface area contributed by atoms with E-state index in [0.29, 0.717) is 24.9 Å². The molecule has 2 atom stereocenters. The standard InChI is InChI=1S/C20H31N3O2/c1-5-10-25-19-11-15(6-7-16(19)14(4)21)17-8-9-23(13(2)3)12-18(17)20(22)24/h6-7,11,13,17-18,21H,5,8-10,12H2,1-4H3,(H2,22,24). The van der Waals surface area contributed by atoms with Crippen LogP contribution in [0.3, 0.4) is 0 Å². The van der Waals surface area contributed by atoms with Crippen LogP contribution in [0.25, 0.3) is 0 Å². The Balaban J connectivity index is 2.32. The van der Waals surface area contributed by atoms with Crippen molar-refractivity contribution in [3.8, 4) is 5.75 Å². The molecule has 1 aromatic rings. The van der Waals surface area contributed by atoms with Crippen molar-refractivity contribution in [2.75, 3.05) is 19.7 Å². The molecule has 1 aliphatic rings. The zero-order chi connectivity index (χ0) is 18.6. The second kappa shape index (κ2) is 8.48. The highest BCUT2D eigenvalue weighted by Gasteiger charge is 2.35. The lowest BCUT2D eigenvalue weighted by Crippen LogP contribution is -2.47. The summed E-state index contributed by atoms with van der Waals surface area (Å²) in [6, 6.07) is 6.39. The summed E-state index contributed by atoms with van der Waals surface area (Å²) in [6.45, 7) is 10.4. The second-order valence-corrected chi connectivity index (χ2v) is 7.22. The van der Waals surface area contributed by atoms with Gasteiger partial charge in [0.25, 0.3) is 0 Å². The number of piperidine rings is 1. The van der Waals surface area contributed by atoms with Crippen LogP contribution in [0, 0.1) is 11.3 Å². The summed E-state index contributed by atoms with van der Waals surface area (Å²) in [5.74, 6) is 0.415. The molecule has 1 saturated heterocycles. The van der Waals surface area contributed by atoms with Crippen LogP contribution in [0.2, 0.25) is 0 Å². The minimum absolute atomic E-state index is 0.108. The molecule has 1 aliphatic heterocycles. The number of amides is 1. The summed E-state index contributed by atoms with van der Waals surface area (Å²) in [5, 5.41) is 7.95. The number of ether oxygens (including phenoxy) is 1. The van der Waals surface area contributed by atoms with Crippen LogP contribution >= 0.6 is 0 Å². The van der Waals surface area contributed by atoms with Gasteiger partial charge in [0.2, 0.25) is 5.91 Å². The van der Waals surface area contributed by atoms with E-state index in [2.05, 4.69) is 25.7 Å². The van der Waals surface area contributed by atoms with Gasteiger partial charge in [-0.2, -0.15) is 0 Å². The fraction of sp³-hybridized carbons (Fsp3) is 0.600. The molecule has 5 heteroatoms. The van der Waals surface area contributed by atoms with Crippen LogP contribution < -0.4 is 10.5 Å². The lowest BCUT2D eigenvalue weighted by molar-refractivity contribution is -0.124. The Hall–Kier alpha value is -1.88. The molecule has 0 saturated carbocycles. The number of hydrogen-bond acceptors (Lipinski definition) is 4. The van der Waals surface area contributed by atoms with Crippen LogP contribution in [0.15, 0.2) is 18.2 Å². The number of carbonyl (C=O) groups is 1. The van der Waals surface area contributed by atoms with Gasteiger partial charge in [-0.15, -0.1) is 0 Å². The molecule has 3 N–H and O–H groups in total. The molecule has 138 valence electrons. The number of nitrogens with one attached hydrogen (secondary N) is 1. The summed E-state index contributed by atoms with van der Waals surface area (Å²) in [7, 11) is 0. The van der Waals surface area contributed by atoms with E-state index in [1.165, 1.54) is 0 Å². The maximum atomic E-state index is 12.1. The van der Waals surface area contributed by atoms with Crippen LogP contribution in [0.5, 0.6) is 5.75 Å². The van der Waals surface area contributed by atoms with Crippen molar-refractivity contribution in [1.82, 2.24) is 4.90 Å². The van der Waals surface area contributed by atoms with Crippen molar-refractivity contribution in [1.29, 1.82) is 5.41 Å². The number of nitrogens with two attached hydrogens (primary N) is 1. The van der Waals surface area contributed by atoms with E-state index < -0.39 is 0 Å². The van der Waals surface area contributed by atoms with Crippen LogP contribution in [0.1, 0.15) is 57.6 Å². The van der Waals surface area contributed by atoms with Gasteiger partial charge in [-0.05, 0) is 63.8 Å².